The van der Waals surface area contributed by atoms with Crippen LogP contribution >= 0.6 is 0 Å². The molecule has 0 saturated carbocycles. The standard InChI is InChI=1S/C30H36N10O2/c1-30(2,3)23-17-24(38-42-23)36-29(41)35-21-11-13-22(14-12-21)40-28-25(27(31)33-18-34-28)26(37-40)19-7-9-20(10-8-19)32-15-6-16-39(4)5/h7-14,17-18,32H,6,15-16H2,1-5H3,(H2,31,33,34)(H2,35,36,38,41). The zero-order valence-corrected chi connectivity index (χ0v) is 24.5. The lowest BCUT2D eigenvalue weighted by Gasteiger charge is -2.12. The fourth-order valence-corrected chi connectivity index (χ4v) is 4.38. The molecule has 0 aliphatic heterocycles. The number of hydrogen-bond donors (Lipinski definition) is 4. The lowest BCUT2D eigenvalue weighted by Crippen LogP contribution is -2.19. The normalized spacial score (nSPS) is 11.7. The Hall–Kier alpha value is -4.97. The van der Waals surface area contributed by atoms with E-state index in [0.717, 1.165) is 36.4 Å². The maximum absolute atomic E-state index is 12.5. The van der Waals surface area contributed by atoms with Crippen LogP contribution in [0.25, 0.3) is 28.0 Å². The van der Waals surface area contributed by atoms with Crippen molar-refractivity contribution in [2.45, 2.75) is 32.6 Å². The molecule has 0 unspecified atom stereocenters. The number of nitrogen functional groups attached to an aromatic ring is 1. The molecule has 0 bridgehead atoms. The third-order valence-electron chi connectivity index (χ3n) is 6.62. The van der Waals surface area contributed by atoms with E-state index in [0.29, 0.717) is 39.8 Å². The Balaban J connectivity index is 1.32. The molecule has 0 radical (unpaired) electrons. The molecule has 2 aromatic carbocycles. The number of carbonyl (C=O) groups is 1. The SMILES string of the molecule is CN(C)CCCNc1ccc(-c2nn(-c3ccc(NC(=O)Nc4cc(C(C)(C)C)on4)cc3)c3ncnc(N)c23)cc1. The van der Waals surface area contributed by atoms with Gasteiger partial charge in [-0.3, -0.25) is 5.32 Å². The van der Waals surface area contributed by atoms with Crippen LogP contribution in [0.4, 0.5) is 27.8 Å². The van der Waals surface area contributed by atoms with Crippen molar-refractivity contribution in [3.05, 3.63) is 66.7 Å². The molecular weight excluding hydrogens is 532 g/mol. The zero-order valence-electron chi connectivity index (χ0n) is 24.5. The van der Waals surface area contributed by atoms with E-state index in [9.17, 15) is 4.79 Å². The van der Waals surface area contributed by atoms with Crippen LogP contribution in [0.1, 0.15) is 33.0 Å². The summed E-state index contributed by atoms with van der Waals surface area (Å²) in [5.74, 6) is 1.38. The molecule has 12 heteroatoms. The lowest BCUT2D eigenvalue weighted by molar-refractivity contribution is 0.262. The number of rotatable bonds is 9. The minimum absolute atomic E-state index is 0.211. The smallest absolute Gasteiger partial charge is 0.324 e. The van der Waals surface area contributed by atoms with E-state index in [-0.39, 0.29) is 5.41 Å². The van der Waals surface area contributed by atoms with E-state index in [4.69, 9.17) is 15.4 Å². The molecule has 0 aliphatic carbocycles. The van der Waals surface area contributed by atoms with Gasteiger partial charge in [0.05, 0.1) is 11.1 Å². The zero-order chi connectivity index (χ0) is 29.9. The van der Waals surface area contributed by atoms with Crippen LogP contribution in [-0.4, -0.2) is 63.0 Å². The minimum atomic E-state index is -0.431. The first kappa shape index (κ1) is 28.6. The molecule has 42 heavy (non-hydrogen) atoms. The van der Waals surface area contributed by atoms with Gasteiger partial charge in [-0.2, -0.15) is 5.10 Å². The van der Waals surface area contributed by atoms with Gasteiger partial charge in [-0.15, -0.1) is 0 Å². The van der Waals surface area contributed by atoms with E-state index < -0.39 is 6.03 Å². The summed E-state index contributed by atoms with van der Waals surface area (Å²) in [5.41, 5.74) is 10.6. The minimum Gasteiger partial charge on any atom is -0.385 e. The molecule has 3 heterocycles. The van der Waals surface area contributed by atoms with Crippen molar-refractivity contribution in [2.24, 2.45) is 0 Å². The summed E-state index contributed by atoms with van der Waals surface area (Å²) >= 11 is 0. The Kier molecular flexibility index (Phi) is 8.07. The van der Waals surface area contributed by atoms with Gasteiger partial charge in [0.1, 0.15) is 23.6 Å². The van der Waals surface area contributed by atoms with Crippen LogP contribution in [0.15, 0.2) is 65.4 Å². The van der Waals surface area contributed by atoms with Crippen molar-refractivity contribution >= 4 is 40.1 Å². The second-order valence-corrected chi connectivity index (χ2v) is 11.3. The molecular formula is C30H36N10O2. The summed E-state index contributed by atoms with van der Waals surface area (Å²) in [4.78, 5) is 23.4. The molecule has 0 fully saturated rings. The van der Waals surface area contributed by atoms with Gasteiger partial charge in [0.15, 0.2) is 11.5 Å². The molecule has 0 spiro atoms. The summed E-state index contributed by atoms with van der Waals surface area (Å²) in [7, 11) is 4.14. The van der Waals surface area contributed by atoms with E-state index in [1.165, 1.54) is 6.33 Å². The number of nitrogens with zero attached hydrogens (tertiary/aromatic N) is 6. The molecule has 218 valence electrons. The third kappa shape index (κ3) is 6.50. The van der Waals surface area contributed by atoms with Gasteiger partial charge >= 0.3 is 6.03 Å². The number of hydrogen-bond acceptors (Lipinski definition) is 9. The molecule has 5 aromatic rings. The van der Waals surface area contributed by atoms with E-state index in [1.807, 2.05) is 57.2 Å². The average Bonchev–Trinajstić information content (AvgIpc) is 3.58. The molecule has 3 aromatic heterocycles. The van der Waals surface area contributed by atoms with Gasteiger partial charge in [-0.25, -0.2) is 19.4 Å². The average molecular weight is 569 g/mol. The Morgan fingerprint density at radius 2 is 1.71 bits per heavy atom. The number of benzene rings is 2. The predicted molar refractivity (Wildman–Crippen MR) is 166 cm³/mol. The van der Waals surface area contributed by atoms with Gasteiger partial charge in [-0.05, 0) is 63.5 Å². The van der Waals surface area contributed by atoms with Crippen molar-refractivity contribution in [2.75, 3.05) is 48.9 Å². The highest BCUT2D eigenvalue weighted by Gasteiger charge is 2.21. The highest BCUT2D eigenvalue weighted by molar-refractivity contribution is 6.00. The van der Waals surface area contributed by atoms with Crippen LogP contribution < -0.4 is 21.7 Å². The van der Waals surface area contributed by atoms with E-state index in [2.05, 4.69) is 50.1 Å². The van der Waals surface area contributed by atoms with Gasteiger partial charge in [0.25, 0.3) is 0 Å². The number of carbonyl (C=O) groups excluding carboxylic acids is 1. The highest BCUT2D eigenvalue weighted by Crippen LogP contribution is 2.32. The molecule has 0 aliphatic rings. The topological polar surface area (TPSA) is 152 Å². The van der Waals surface area contributed by atoms with Crippen LogP contribution in [-0.2, 0) is 5.41 Å². The second kappa shape index (κ2) is 11.9. The molecule has 0 atom stereocenters. The largest absolute Gasteiger partial charge is 0.385 e. The maximum Gasteiger partial charge on any atom is 0.324 e. The Labute approximate surface area is 244 Å². The molecule has 2 amide bonds. The van der Waals surface area contributed by atoms with Crippen molar-refractivity contribution in [3.63, 3.8) is 0 Å². The first-order valence-corrected chi connectivity index (χ1v) is 13.7. The summed E-state index contributed by atoms with van der Waals surface area (Å²) in [6.07, 6.45) is 2.48. The number of aromatic nitrogens is 5. The quantitative estimate of drug-likeness (QED) is 0.172. The predicted octanol–water partition coefficient (Wildman–Crippen LogP) is 5.36. The van der Waals surface area contributed by atoms with Crippen molar-refractivity contribution in [1.82, 2.24) is 29.8 Å². The maximum atomic E-state index is 12.5. The molecule has 5 rings (SSSR count). The number of nitrogens with two attached hydrogens (primary N) is 1. The Morgan fingerprint density at radius 1 is 1.00 bits per heavy atom. The highest BCUT2D eigenvalue weighted by atomic mass is 16.5. The van der Waals surface area contributed by atoms with Crippen LogP contribution in [0.5, 0.6) is 0 Å². The fourth-order valence-electron chi connectivity index (χ4n) is 4.38. The van der Waals surface area contributed by atoms with Gasteiger partial charge in [0, 0.05) is 35.0 Å². The number of amides is 2. The first-order valence-electron chi connectivity index (χ1n) is 13.7. The van der Waals surface area contributed by atoms with Crippen LogP contribution in [0.3, 0.4) is 0 Å². The number of fused-ring (bicyclic) bond motifs is 1. The Morgan fingerprint density at radius 3 is 2.38 bits per heavy atom. The van der Waals surface area contributed by atoms with E-state index >= 15 is 0 Å². The fraction of sp³-hybridized carbons (Fsp3) is 0.300. The van der Waals surface area contributed by atoms with Crippen molar-refractivity contribution in [1.29, 1.82) is 0 Å². The van der Waals surface area contributed by atoms with Gasteiger partial charge in [0.2, 0.25) is 0 Å². The van der Waals surface area contributed by atoms with E-state index in [1.54, 1.807) is 22.9 Å². The molecule has 12 nitrogen and oxygen atoms in total. The summed E-state index contributed by atoms with van der Waals surface area (Å²) in [5, 5.41) is 18.4. The monoisotopic (exact) mass is 568 g/mol. The van der Waals surface area contributed by atoms with Crippen molar-refractivity contribution in [3.8, 4) is 16.9 Å². The molecule has 0 saturated heterocycles. The van der Waals surface area contributed by atoms with Gasteiger partial charge < -0.3 is 25.8 Å². The lowest BCUT2D eigenvalue weighted by atomic mass is 9.93. The second-order valence-electron chi connectivity index (χ2n) is 11.3. The number of urea groups is 1. The number of nitrogens with one attached hydrogen (secondary N) is 3. The van der Waals surface area contributed by atoms with Crippen LogP contribution in [0, 0.1) is 0 Å². The Bertz CT molecular complexity index is 1670. The molecule has 5 N–H and O–H groups in total. The summed E-state index contributed by atoms with van der Waals surface area (Å²) in [6, 6.07) is 16.6. The third-order valence-corrected chi connectivity index (χ3v) is 6.62. The summed E-state index contributed by atoms with van der Waals surface area (Å²) < 4.78 is 7.05. The summed E-state index contributed by atoms with van der Waals surface area (Å²) in [6.45, 7) is 7.94. The van der Waals surface area contributed by atoms with Crippen LogP contribution in [0.2, 0.25) is 0 Å². The van der Waals surface area contributed by atoms with Crippen molar-refractivity contribution < 1.29 is 9.32 Å². The van der Waals surface area contributed by atoms with Gasteiger partial charge in [-0.1, -0.05) is 38.1 Å². The number of anilines is 4. The first-order chi connectivity index (χ1) is 20.1.